The predicted octanol–water partition coefficient (Wildman–Crippen LogP) is 1.29. The Morgan fingerprint density at radius 2 is 1.45 bits per heavy atom. The standard InChI is InChI=1S/C6H5ClO.ClH.H4N2/c7-5-1-3-6(8)4-2-5;;1-2/h1-4,8H;1H;1-2H2. The minimum absolute atomic E-state index is 0. The Hall–Kier alpha value is -0.480. The van der Waals surface area contributed by atoms with Gasteiger partial charge in [0.05, 0.1) is 0 Å². The second-order valence-electron chi connectivity index (χ2n) is 1.48. The molecule has 0 aliphatic rings. The first-order valence-electron chi connectivity index (χ1n) is 2.57. The van der Waals surface area contributed by atoms with E-state index in [1.807, 2.05) is 0 Å². The van der Waals surface area contributed by atoms with Crippen LogP contribution >= 0.6 is 24.0 Å². The number of aromatic hydroxyl groups is 1. The summed E-state index contributed by atoms with van der Waals surface area (Å²) < 4.78 is 0. The molecular weight excluding hydrogens is 187 g/mol. The maximum Gasteiger partial charge on any atom is 0.115 e. The lowest BCUT2D eigenvalue weighted by molar-refractivity contribution is 0.475. The highest BCUT2D eigenvalue weighted by atomic mass is 35.5. The van der Waals surface area contributed by atoms with Crippen LogP contribution < -0.4 is 11.7 Å². The monoisotopic (exact) mass is 196 g/mol. The molecule has 0 saturated heterocycles. The Kier molecular flexibility index (Phi) is 9.10. The van der Waals surface area contributed by atoms with Crippen LogP contribution in [0.1, 0.15) is 0 Å². The lowest BCUT2D eigenvalue weighted by Gasteiger charge is -1.87. The van der Waals surface area contributed by atoms with Gasteiger partial charge in [0, 0.05) is 5.02 Å². The summed E-state index contributed by atoms with van der Waals surface area (Å²) in [7, 11) is 0. The van der Waals surface area contributed by atoms with Crippen LogP contribution in [0, 0.1) is 0 Å². The van der Waals surface area contributed by atoms with Crippen molar-refractivity contribution in [1.82, 2.24) is 0 Å². The molecule has 1 rings (SSSR count). The third-order valence-corrected chi connectivity index (χ3v) is 1.08. The van der Waals surface area contributed by atoms with Gasteiger partial charge in [-0.1, -0.05) is 11.6 Å². The lowest BCUT2D eigenvalue weighted by Crippen LogP contribution is -2.02. The molecule has 5 heteroatoms. The third-order valence-electron chi connectivity index (χ3n) is 0.827. The van der Waals surface area contributed by atoms with Gasteiger partial charge < -0.3 is 5.11 Å². The number of phenols is 1. The summed E-state index contributed by atoms with van der Waals surface area (Å²) in [5, 5.41) is 9.34. The van der Waals surface area contributed by atoms with Gasteiger partial charge in [0.2, 0.25) is 0 Å². The number of hydrogen-bond acceptors (Lipinski definition) is 3. The second kappa shape index (κ2) is 7.63. The Morgan fingerprint density at radius 1 is 1.09 bits per heavy atom. The zero-order chi connectivity index (χ0) is 7.98. The first-order chi connectivity index (χ1) is 4.79. The second-order valence-corrected chi connectivity index (χ2v) is 1.91. The fourth-order valence-electron chi connectivity index (χ4n) is 0.441. The molecule has 0 saturated carbocycles. The number of hydrazine groups is 1. The first kappa shape index (κ1) is 13.1. The van der Waals surface area contributed by atoms with Gasteiger partial charge in [0.25, 0.3) is 0 Å². The molecule has 1 aromatic rings. The molecule has 0 spiro atoms. The Labute approximate surface area is 76.3 Å². The molecular formula is C6H10Cl2N2O. The minimum Gasteiger partial charge on any atom is -0.508 e. The van der Waals surface area contributed by atoms with E-state index in [-0.39, 0.29) is 18.2 Å². The van der Waals surface area contributed by atoms with Crippen LogP contribution in [0.15, 0.2) is 24.3 Å². The normalized spacial score (nSPS) is 7.18. The molecule has 0 bridgehead atoms. The number of nitrogens with two attached hydrogens (primary N) is 2. The molecule has 5 N–H and O–H groups in total. The van der Waals surface area contributed by atoms with Gasteiger partial charge in [-0.2, -0.15) is 0 Å². The average Bonchev–Trinajstić information content (AvgIpc) is 2.00. The van der Waals surface area contributed by atoms with Gasteiger partial charge >= 0.3 is 0 Å². The summed E-state index contributed by atoms with van der Waals surface area (Å²) in [5.74, 6) is 8.24. The van der Waals surface area contributed by atoms with Crippen molar-refractivity contribution in [3.63, 3.8) is 0 Å². The Bertz CT molecular complexity index is 157. The predicted molar refractivity (Wildman–Crippen MR) is 48.7 cm³/mol. The molecule has 11 heavy (non-hydrogen) atoms. The van der Waals surface area contributed by atoms with Crippen molar-refractivity contribution in [2.45, 2.75) is 0 Å². The van der Waals surface area contributed by atoms with Crippen molar-refractivity contribution in [3.8, 4) is 5.75 Å². The van der Waals surface area contributed by atoms with Crippen molar-refractivity contribution in [1.29, 1.82) is 0 Å². The van der Waals surface area contributed by atoms with Crippen molar-refractivity contribution in [2.24, 2.45) is 11.7 Å². The van der Waals surface area contributed by atoms with Gasteiger partial charge in [0.15, 0.2) is 0 Å². The molecule has 0 fully saturated rings. The zero-order valence-electron chi connectivity index (χ0n) is 5.70. The number of benzene rings is 1. The maximum absolute atomic E-state index is 8.70. The van der Waals surface area contributed by atoms with Gasteiger partial charge in [-0.05, 0) is 24.3 Å². The molecule has 0 aromatic heterocycles. The highest BCUT2D eigenvalue weighted by molar-refractivity contribution is 6.30. The summed E-state index contributed by atoms with van der Waals surface area (Å²) in [4.78, 5) is 0. The van der Waals surface area contributed by atoms with Crippen LogP contribution in [0.25, 0.3) is 0 Å². The van der Waals surface area contributed by atoms with Crippen molar-refractivity contribution >= 4 is 24.0 Å². The van der Waals surface area contributed by atoms with Gasteiger partial charge in [0.1, 0.15) is 5.75 Å². The fourth-order valence-corrected chi connectivity index (χ4v) is 0.567. The van der Waals surface area contributed by atoms with Crippen LogP contribution in [-0.4, -0.2) is 5.11 Å². The van der Waals surface area contributed by atoms with Crippen molar-refractivity contribution in [2.75, 3.05) is 0 Å². The molecule has 0 amide bonds. The summed E-state index contributed by atoms with van der Waals surface area (Å²) in [5.41, 5.74) is 0. The van der Waals surface area contributed by atoms with E-state index >= 15 is 0 Å². The van der Waals surface area contributed by atoms with Crippen LogP contribution in [0.5, 0.6) is 5.75 Å². The lowest BCUT2D eigenvalue weighted by atomic mass is 10.3. The van der Waals surface area contributed by atoms with E-state index in [0.29, 0.717) is 5.02 Å². The number of halogens is 2. The fraction of sp³-hybridized carbons (Fsp3) is 0. The molecule has 0 radical (unpaired) electrons. The molecule has 64 valence electrons. The quantitative estimate of drug-likeness (QED) is 0.433. The molecule has 0 atom stereocenters. The van der Waals surface area contributed by atoms with E-state index in [9.17, 15) is 0 Å². The molecule has 0 aliphatic heterocycles. The SMILES string of the molecule is Cl.NN.Oc1ccc(Cl)cc1. The van der Waals surface area contributed by atoms with E-state index < -0.39 is 0 Å². The van der Waals surface area contributed by atoms with E-state index in [1.165, 1.54) is 0 Å². The highest BCUT2D eigenvalue weighted by Crippen LogP contribution is 2.12. The summed E-state index contributed by atoms with van der Waals surface area (Å²) in [6.07, 6.45) is 0. The zero-order valence-corrected chi connectivity index (χ0v) is 7.27. The molecule has 3 nitrogen and oxygen atoms in total. The van der Waals surface area contributed by atoms with E-state index in [0.717, 1.165) is 0 Å². The largest absolute Gasteiger partial charge is 0.508 e. The Morgan fingerprint density at radius 3 is 1.73 bits per heavy atom. The van der Waals surface area contributed by atoms with Crippen molar-refractivity contribution < 1.29 is 5.11 Å². The number of rotatable bonds is 0. The molecule has 0 unspecified atom stereocenters. The topological polar surface area (TPSA) is 72.3 Å². The van der Waals surface area contributed by atoms with Crippen LogP contribution in [0.2, 0.25) is 5.02 Å². The summed E-state index contributed by atoms with van der Waals surface area (Å²) in [6, 6.07) is 6.36. The maximum atomic E-state index is 8.70. The summed E-state index contributed by atoms with van der Waals surface area (Å²) in [6.45, 7) is 0. The van der Waals surface area contributed by atoms with Gasteiger partial charge in [-0.25, -0.2) is 0 Å². The Balaban J connectivity index is 0. The van der Waals surface area contributed by atoms with Gasteiger partial charge in [-0.15, -0.1) is 12.4 Å². The van der Waals surface area contributed by atoms with Crippen molar-refractivity contribution in [3.05, 3.63) is 29.3 Å². The van der Waals surface area contributed by atoms with Crippen LogP contribution in [0.4, 0.5) is 0 Å². The van der Waals surface area contributed by atoms with E-state index in [2.05, 4.69) is 11.7 Å². The minimum atomic E-state index is 0. The first-order valence-corrected chi connectivity index (χ1v) is 2.95. The molecule has 0 heterocycles. The van der Waals surface area contributed by atoms with E-state index in [4.69, 9.17) is 16.7 Å². The van der Waals surface area contributed by atoms with E-state index in [1.54, 1.807) is 24.3 Å². The molecule has 0 aliphatic carbocycles. The number of hydrogen-bond donors (Lipinski definition) is 3. The number of phenolic OH excluding ortho intramolecular Hbond substituents is 1. The molecule has 1 aromatic carbocycles. The van der Waals surface area contributed by atoms with Crippen LogP contribution in [-0.2, 0) is 0 Å². The van der Waals surface area contributed by atoms with Gasteiger partial charge in [-0.3, -0.25) is 11.7 Å². The highest BCUT2D eigenvalue weighted by Gasteiger charge is 1.84. The third kappa shape index (κ3) is 5.94. The summed E-state index contributed by atoms with van der Waals surface area (Å²) >= 11 is 5.50. The average molecular weight is 197 g/mol. The van der Waals surface area contributed by atoms with Crippen LogP contribution in [0.3, 0.4) is 0 Å². The smallest absolute Gasteiger partial charge is 0.115 e.